The lowest BCUT2D eigenvalue weighted by Crippen LogP contribution is -2.47. The minimum atomic E-state index is -0.372. The van der Waals surface area contributed by atoms with Crippen molar-refractivity contribution >= 4 is 12.2 Å². The Labute approximate surface area is 155 Å². The van der Waals surface area contributed by atoms with E-state index in [1.54, 1.807) is 36.1 Å². The van der Waals surface area contributed by atoms with Crippen LogP contribution in [-0.2, 0) is 16.0 Å². The molecule has 0 aliphatic carbocycles. The average molecular weight is 364 g/mol. The zero-order valence-electron chi connectivity index (χ0n) is 15.8. The molecule has 0 radical (unpaired) electrons. The fourth-order valence-corrected chi connectivity index (χ4v) is 2.49. The van der Waals surface area contributed by atoms with E-state index in [0.29, 0.717) is 13.1 Å². The molecule has 1 aromatic rings. The van der Waals surface area contributed by atoms with Crippen LogP contribution in [0, 0.1) is 5.82 Å². The van der Waals surface area contributed by atoms with Gasteiger partial charge in [0.25, 0.3) is 0 Å². The van der Waals surface area contributed by atoms with Gasteiger partial charge >= 0.3 is 0 Å². The number of nitrogens with one attached hydrogen (secondary N) is 1. The number of rotatable bonds is 12. The molecule has 0 fully saturated rings. The lowest BCUT2D eigenvalue weighted by atomic mass is 10.1. The first kappa shape index (κ1) is 21.8. The van der Waals surface area contributed by atoms with Gasteiger partial charge in [-0.2, -0.15) is 0 Å². The largest absolute Gasteiger partial charge is 0.354 e. The molecule has 0 saturated carbocycles. The Morgan fingerprint density at radius 3 is 2.50 bits per heavy atom. The number of hydrogen-bond donors (Lipinski definition) is 1. The Kier molecular flexibility index (Phi) is 9.54. The molecule has 1 rings (SSSR count). The number of likely N-dealkylation sites (N-methyl/N-ethyl adjacent to an activating group) is 2. The smallest absolute Gasteiger partial charge is 0.236 e. The Morgan fingerprint density at radius 1 is 1.27 bits per heavy atom. The van der Waals surface area contributed by atoms with E-state index in [1.165, 1.54) is 18.3 Å². The van der Waals surface area contributed by atoms with Crippen LogP contribution in [0.5, 0.6) is 0 Å². The summed E-state index contributed by atoms with van der Waals surface area (Å²) < 4.78 is 12.9. The number of amides is 1. The molecule has 0 aliphatic rings. The average Bonchev–Trinajstić information content (AvgIpc) is 2.61. The third-order valence-corrected chi connectivity index (χ3v) is 4.08. The van der Waals surface area contributed by atoms with E-state index in [9.17, 15) is 14.0 Å². The summed E-state index contributed by atoms with van der Waals surface area (Å²) >= 11 is 0. The third kappa shape index (κ3) is 7.76. The van der Waals surface area contributed by atoms with Crippen LogP contribution in [-0.4, -0.2) is 73.4 Å². The fourth-order valence-electron chi connectivity index (χ4n) is 2.49. The van der Waals surface area contributed by atoms with Crippen LogP contribution in [0.15, 0.2) is 37.0 Å². The molecule has 0 heterocycles. The maximum absolute atomic E-state index is 12.9. The van der Waals surface area contributed by atoms with Crippen LogP contribution in [0.3, 0.4) is 0 Å². The number of nitrogens with zero attached hydrogens (tertiary/aromatic N) is 3. The monoisotopic (exact) mass is 364 g/mol. The van der Waals surface area contributed by atoms with Gasteiger partial charge in [-0.1, -0.05) is 18.7 Å². The summed E-state index contributed by atoms with van der Waals surface area (Å²) in [5, 5.41) is 6.13. The highest BCUT2D eigenvalue weighted by molar-refractivity contribution is 5.77. The Morgan fingerprint density at radius 2 is 1.92 bits per heavy atom. The summed E-state index contributed by atoms with van der Waals surface area (Å²) in [5.41, 5.74) is 1.08. The van der Waals surface area contributed by atoms with Gasteiger partial charge in [0, 0.05) is 32.9 Å². The van der Waals surface area contributed by atoms with Gasteiger partial charge in [-0.05, 0) is 38.1 Å². The molecule has 1 amide bonds. The highest BCUT2D eigenvalue weighted by atomic mass is 19.1. The lowest BCUT2D eigenvalue weighted by Gasteiger charge is -2.32. The van der Waals surface area contributed by atoms with E-state index in [2.05, 4.69) is 16.8 Å². The zero-order valence-corrected chi connectivity index (χ0v) is 15.8. The minimum Gasteiger partial charge on any atom is -0.354 e. The molecule has 26 heavy (non-hydrogen) atoms. The summed E-state index contributed by atoms with van der Waals surface area (Å²) in [6.45, 7) is 7.61. The molecule has 0 aromatic heterocycles. The number of hydrogen-bond acceptors (Lipinski definition) is 5. The van der Waals surface area contributed by atoms with Crippen molar-refractivity contribution in [3.8, 4) is 0 Å². The van der Waals surface area contributed by atoms with Gasteiger partial charge in [0.05, 0.1) is 12.6 Å². The van der Waals surface area contributed by atoms with E-state index in [-0.39, 0.29) is 24.3 Å². The molecule has 144 valence electrons. The Hall–Kier alpha value is -2.25. The van der Waals surface area contributed by atoms with Crippen LogP contribution in [0.4, 0.5) is 4.39 Å². The van der Waals surface area contributed by atoms with Gasteiger partial charge in [0.15, 0.2) is 0 Å². The van der Waals surface area contributed by atoms with E-state index >= 15 is 0 Å². The maximum atomic E-state index is 12.9. The first-order chi connectivity index (χ1) is 12.4. The number of aldehydes is 1. The van der Waals surface area contributed by atoms with E-state index < -0.39 is 0 Å². The van der Waals surface area contributed by atoms with Crippen LogP contribution >= 0.6 is 0 Å². The number of benzene rings is 1. The molecule has 1 N–H and O–H groups in total. The predicted octanol–water partition coefficient (Wildman–Crippen LogP) is 1.30. The molecule has 7 heteroatoms. The van der Waals surface area contributed by atoms with Crippen molar-refractivity contribution in [2.45, 2.75) is 19.4 Å². The SMILES string of the molecule is C=CN(C(C)C=O)N(C)CC(=O)NCCN(C)CCc1ccc(F)cc1. The summed E-state index contributed by atoms with van der Waals surface area (Å²) in [6, 6.07) is 6.12. The summed E-state index contributed by atoms with van der Waals surface area (Å²) in [6.07, 6.45) is 3.15. The predicted molar refractivity (Wildman–Crippen MR) is 101 cm³/mol. The zero-order chi connectivity index (χ0) is 19.5. The van der Waals surface area contributed by atoms with E-state index in [1.807, 2.05) is 7.05 Å². The van der Waals surface area contributed by atoms with Crippen molar-refractivity contribution in [3.05, 3.63) is 48.4 Å². The molecular formula is C19H29FN4O2. The molecule has 0 spiro atoms. The molecule has 1 aromatic carbocycles. The van der Waals surface area contributed by atoms with Gasteiger partial charge in [-0.15, -0.1) is 0 Å². The second-order valence-corrected chi connectivity index (χ2v) is 6.28. The molecule has 0 bridgehead atoms. The first-order valence-electron chi connectivity index (χ1n) is 8.64. The molecule has 0 saturated heterocycles. The molecule has 1 atom stereocenters. The number of halogens is 1. The summed E-state index contributed by atoms with van der Waals surface area (Å²) in [4.78, 5) is 25.0. The van der Waals surface area contributed by atoms with Crippen molar-refractivity contribution in [1.29, 1.82) is 0 Å². The summed E-state index contributed by atoms with van der Waals surface area (Å²) in [7, 11) is 3.71. The summed E-state index contributed by atoms with van der Waals surface area (Å²) in [5.74, 6) is -0.350. The van der Waals surface area contributed by atoms with Crippen molar-refractivity contribution < 1.29 is 14.0 Å². The Balaban J connectivity index is 2.26. The van der Waals surface area contributed by atoms with Gasteiger partial charge in [-0.25, -0.2) is 9.40 Å². The van der Waals surface area contributed by atoms with E-state index in [4.69, 9.17) is 0 Å². The van der Waals surface area contributed by atoms with Gasteiger partial charge in [-0.3, -0.25) is 4.79 Å². The first-order valence-corrected chi connectivity index (χ1v) is 8.64. The second-order valence-electron chi connectivity index (χ2n) is 6.28. The molecular weight excluding hydrogens is 335 g/mol. The van der Waals surface area contributed by atoms with Crippen molar-refractivity contribution in [2.75, 3.05) is 40.3 Å². The highest BCUT2D eigenvalue weighted by Crippen LogP contribution is 2.04. The van der Waals surface area contributed by atoms with Crippen molar-refractivity contribution in [1.82, 2.24) is 20.2 Å². The number of carbonyl (C=O) groups excluding carboxylic acids is 2. The van der Waals surface area contributed by atoms with Crippen LogP contribution < -0.4 is 5.32 Å². The normalized spacial score (nSPS) is 12.1. The van der Waals surface area contributed by atoms with Crippen molar-refractivity contribution in [2.24, 2.45) is 0 Å². The number of hydrazine groups is 1. The Bertz CT molecular complexity index is 579. The van der Waals surface area contributed by atoms with Crippen molar-refractivity contribution in [3.63, 3.8) is 0 Å². The fraction of sp³-hybridized carbons (Fsp3) is 0.474. The molecule has 0 aliphatic heterocycles. The third-order valence-electron chi connectivity index (χ3n) is 4.08. The lowest BCUT2D eigenvalue weighted by molar-refractivity contribution is -0.128. The van der Waals surface area contributed by atoms with Gasteiger partial charge in [0.1, 0.15) is 12.1 Å². The van der Waals surface area contributed by atoms with Crippen LogP contribution in [0.25, 0.3) is 0 Å². The maximum Gasteiger partial charge on any atom is 0.236 e. The standard InChI is InChI=1S/C19H29FN4O2/c1-5-24(16(2)15-25)23(4)14-19(26)21-11-13-22(3)12-10-17-6-8-18(20)9-7-17/h5-9,15-16H,1,10-14H2,2-4H3,(H,21,26). The number of carbonyl (C=O) groups is 2. The topological polar surface area (TPSA) is 55.9 Å². The highest BCUT2D eigenvalue weighted by Gasteiger charge is 2.16. The van der Waals surface area contributed by atoms with Gasteiger partial charge in [0.2, 0.25) is 5.91 Å². The second kappa shape index (κ2) is 11.4. The molecule has 6 nitrogen and oxygen atoms in total. The minimum absolute atomic E-state index is 0.121. The quantitative estimate of drug-likeness (QED) is 0.448. The molecule has 1 unspecified atom stereocenters. The van der Waals surface area contributed by atoms with E-state index in [0.717, 1.165) is 24.8 Å². The van der Waals surface area contributed by atoms with Crippen LogP contribution in [0.2, 0.25) is 0 Å². The van der Waals surface area contributed by atoms with Crippen LogP contribution in [0.1, 0.15) is 12.5 Å². The van der Waals surface area contributed by atoms with Gasteiger partial charge < -0.3 is 20.0 Å².